The van der Waals surface area contributed by atoms with Crippen molar-refractivity contribution in [2.75, 3.05) is 13.1 Å². The number of carbonyl (C=O) groups excluding carboxylic acids is 2. The van der Waals surface area contributed by atoms with E-state index >= 15 is 0 Å². The lowest BCUT2D eigenvalue weighted by atomic mass is 10.1. The molecule has 1 saturated heterocycles. The fourth-order valence-corrected chi connectivity index (χ4v) is 1.76. The summed E-state index contributed by atoms with van der Waals surface area (Å²) in [5.74, 6) is -0.256. The van der Waals surface area contributed by atoms with E-state index in [4.69, 9.17) is 5.73 Å². The molecule has 0 aromatic carbocycles. The van der Waals surface area contributed by atoms with Gasteiger partial charge in [0.25, 0.3) is 5.91 Å². The van der Waals surface area contributed by atoms with Crippen LogP contribution < -0.4 is 16.4 Å². The molecule has 0 spiro atoms. The molecule has 1 aliphatic heterocycles. The highest BCUT2D eigenvalue weighted by Crippen LogP contribution is 2.03. The highest BCUT2D eigenvalue weighted by atomic mass is 16.2. The van der Waals surface area contributed by atoms with Gasteiger partial charge in [-0.1, -0.05) is 5.21 Å². The second-order valence-corrected chi connectivity index (χ2v) is 4.17. The van der Waals surface area contributed by atoms with Gasteiger partial charge in [0, 0.05) is 25.6 Å². The van der Waals surface area contributed by atoms with Gasteiger partial charge in [-0.05, 0) is 6.42 Å². The van der Waals surface area contributed by atoms with Gasteiger partial charge < -0.3 is 16.4 Å². The molecule has 1 unspecified atom stereocenters. The maximum absolute atomic E-state index is 11.8. The summed E-state index contributed by atoms with van der Waals surface area (Å²) in [4.78, 5) is 22.8. The molecule has 2 rings (SSSR count). The predicted octanol–water partition coefficient (Wildman–Crippen LogP) is -1.75. The molecule has 98 valence electrons. The average molecular weight is 252 g/mol. The fourth-order valence-electron chi connectivity index (χ4n) is 1.76. The number of nitrogens with two attached hydrogens (primary N) is 1. The zero-order chi connectivity index (χ0) is 13.0. The van der Waals surface area contributed by atoms with Gasteiger partial charge in [-0.3, -0.25) is 14.3 Å². The molecule has 18 heavy (non-hydrogen) atoms. The van der Waals surface area contributed by atoms with Crippen LogP contribution in [-0.2, 0) is 11.3 Å². The topological polar surface area (TPSA) is 115 Å². The van der Waals surface area contributed by atoms with Gasteiger partial charge in [0.2, 0.25) is 5.91 Å². The normalized spacial score (nSPS) is 19.4. The molecule has 1 fully saturated rings. The summed E-state index contributed by atoms with van der Waals surface area (Å²) in [6.07, 6.45) is 2.64. The van der Waals surface area contributed by atoms with Crippen LogP contribution in [0.15, 0.2) is 6.20 Å². The quantitative estimate of drug-likeness (QED) is 0.587. The SMILES string of the molecule is NCCn1cc(C(=O)NC2CCC(=O)NC2)nn1. The summed E-state index contributed by atoms with van der Waals surface area (Å²) in [7, 11) is 0. The van der Waals surface area contributed by atoms with Crippen molar-refractivity contribution in [1.29, 1.82) is 0 Å². The van der Waals surface area contributed by atoms with Crippen LogP contribution in [0.2, 0.25) is 0 Å². The number of amides is 2. The summed E-state index contributed by atoms with van der Waals surface area (Å²) >= 11 is 0. The van der Waals surface area contributed by atoms with Gasteiger partial charge in [-0.15, -0.1) is 5.10 Å². The zero-order valence-electron chi connectivity index (χ0n) is 9.93. The number of carbonyl (C=O) groups is 2. The molecule has 1 aliphatic rings. The molecule has 1 atom stereocenters. The van der Waals surface area contributed by atoms with E-state index in [1.807, 2.05) is 0 Å². The monoisotopic (exact) mass is 252 g/mol. The van der Waals surface area contributed by atoms with Crippen LogP contribution in [0.5, 0.6) is 0 Å². The van der Waals surface area contributed by atoms with E-state index in [1.54, 1.807) is 6.20 Å². The Morgan fingerprint density at radius 2 is 2.50 bits per heavy atom. The van der Waals surface area contributed by atoms with Crippen LogP contribution in [-0.4, -0.2) is 45.9 Å². The smallest absolute Gasteiger partial charge is 0.273 e. The molecular formula is C10H16N6O2. The number of nitrogens with zero attached hydrogens (tertiary/aromatic N) is 3. The first-order valence-electron chi connectivity index (χ1n) is 5.87. The van der Waals surface area contributed by atoms with Gasteiger partial charge in [-0.2, -0.15) is 0 Å². The molecule has 1 aromatic rings. The van der Waals surface area contributed by atoms with Crippen molar-refractivity contribution >= 4 is 11.8 Å². The van der Waals surface area contributed by atoms with E-state index in [1.165, 1.54) is 4.68 Å². The Labute approximate surface area is 104 Å². The highest BCUT2D eigenvalue weighted by Gasteiger charge is 2.21. The Bertz CT molecular complexity index is 433. The van der Waals surface area contributed by atoms with Crippen LogP contribution in [0, 0.1) is 0 Å². The van der Waals surface area contributed by atoms with Crippen molar-refractivity contribution in [2.45, 2.75) is 25.4 Å². The predicted molar refractivity (Wildman–Crippen MR) is 62.6 cm³/mol. The summed E-state index contributed by atoms with van der Waals surface area (Å²) in [6.45, 7) is 1.43. The van der Waals surface area contributed by atoms with Crippen LogP contribution in [0.1, 0.15) is 23.3 Å². The van der Waals surface area contributed by atoms with E-state index in [0.717, 1.165) is 0 Å². The molecule has 0 saturated carbocycles. The minimum Gasteiger partial charge on any atom is -0.354 e. The molecule has 0 bridgehead atoms. The molecule has 2 heterocycles. The number of hydrogen-bond donors (Lipinski definition) is 3. The van der Waals surface area contributed by atoms with E-state index in [9.17, 15) is 9.59 Å². The number of rotatable bonds is 4. The van der Waals surface area contributed by atoms with Gasteiger partial charge in [-0.25, -0.2) is 0 Å². The minimum atomic E-state index is -0.278. The molecule has 0 aliphatic carbocycles. The van der Waals surface area contributed by atoms with Crippen LogP contribution in [0.25, 0.3) is 0 Å². The lowest BCUT2D eigenvalue weighted by Crippen LogP contribution is -2.47. The summed E-state index contributed by atoms with van der Waals surface area (Å²) in [5.41, 5.74) is 5.64. The second-order valence-electron chi connectivity index (χ2n) is 4.17. The van der Waals surface area contributed by atoms with Gasteiger partial charge in [0.1, 0.15) is 0 Å². The Kier molecular flexibility index (Phi) is 3.88. The van der Waals surface area contributed by atoms with Crippen molar-refractivity contribution in [3.63, 3.8) is 0 Å². The average Bonchev–Trinajstić information content (AvgIpc) is 2.81. The zero-order valence-corrected chi connectivity index (χ0v) is 9.93. The van der Waals surface area contributed by atoms with Crippen LogP contribution in [0.3, 0.4) is 0 Å². The summed E-state index contributed by atoms with van der Waals surface area (Å²) in [6, 6.07) is -0.0464. The maximum atomic E-state index is 11.8. The molecule has 2 amide bonds. The van der Waals surface area contributed by atoms with Crippen molar-refractivity contribution < 1.29 is 9.59 Å². The molecule has 8 heteroatoms. The van der Waals surface area contributed by atoms with Gasteiger partial charge >= 0.3 is 0 Å². The first kappa shape index (κ1) is 12.5. The molecular weight excluding hydrogens is 236 g/mol. The van der Waals surface area contributed by atoms with Gasteiger partial charge in [0.15, 0.2) is 5.69 Å². The summed E-state index contributed by atoms with van der Waals surface area (Å²) in [5, 5.41) is 13.1. The Morgan fingerprint density at radius 1 is 1.67 bits per heavy atom. The third-order valence-corrected chi connectivity index (χ3v) is 2.73. The van der Waals surface area contributed by atoms with Crippen molar-refractivity contribution in [1.82, 2.24) is 25.6 Å². The van der Waals surface area contributed by atoms with Crippen molar-refractivity contribution in [3.8, 4) is 0 Å². The Morgan fingerprint density at radius 3 is 3.17 bits per heavy atom. The summed E-state index contributed by atoms with van der Waals surface area (Å²) < 4.78 is 1.53. The highest BCUT2D eigenvalue weighted by molar-refractivity contribution is 5.92. The third kappa shape index (κ3) is 3.04. The molecule has 4 N–H and O–H groups in total. The third-order valence-electron chi connectivity index (χ3n) is 2.73. The van der Waals surface area contributed by atoms with Crippen molar-refractivity contribution in [2.24, 2.45) is 5.73 Å². The number of piperidine rings is 1. The van der Waals surface area contributed by atoms with E-state index < -0.39 is 0 Å². The standard InChI is InChI=1S/C10H16N6O2/c11-3-4-16-6-8(14-15-16)10(18)13-7-1-2-9(17)12-5-7/h6-7H,1-5,11H2,(H,12,17)(H,13,18). The lowest BCUT2D eigenvalue weighted by Gasteiger charge is -2.22. The van der Waals surface area contributed by atoms with E-state index in [-0.39, 0.29) is 23.6 Å². The second kappa shape index (κ2) is 5.58. The number of nitrogens with one attached hydrogen (secondary N) is 2. The van der Waals surface area contributed by atoms with Crippen LogP contribution in [0.4, 0.5) is 0 Å². The molecule has 0 radical (unpaired) electrons. The van der Waals surface area contributed by atoms with Crippen molar-refractivity contribution in [3.05, 3.63) is 11.9 Å². The molecule has 1 aromatic heterocycles. The largest absolute Gasteiger partial charge is 0.354 e. The Balaban J connectivity index is 1.88. The number of aromatic nitrogens is 3. The Hall–Kier alpha value is -1.96. The number of hydrogen-bond acceptors (Lipinski definition) is 5. The minimum absolute atomic E-state index is 0.0226. The van der Waals surface area contributed by atoms with E-state index in [0.29, 0.717) is 32.5 Å². The van der Waals surface area contributed by atoms with Gasteiger partial charge in [0.05, 0.1) is 12.7 Å². The first-order chi connectivity index (χ1) is 8.69. The molecule has 8 nitrogen and oxygen atoms in total. The lowest BCUT2D eigenvalue weighted by molar-refractivity contribution is -0.122. The van der Waals surface area contributed by atoms with E-state index in [2.05, 4.69) is 20.9 Å². The fraction of sp³-hybridized carbons (Fsp3) is 0.600. The maximum Gasteiger partial charge on any atom is 0.273 e. The first-order valence-corrected chi connectivity index (χ1v) is 5.87. The van der Waals surface area contributed by atoms with Crippen LogP contribution >= 0.6 is 0 Å².